The number of carboxylic acid groups (broad SMARTS) is 1. The smallest absolute Gasteiger partial charge is 0.339 e. The third-order valence-corrected chi connectivity index (χ3v) is 3.28. The van der Waals surface area contributed by atoms with E-state index in [1.807, 2.05) is 36.2 Å². The molecule has 0 atom stereocenters. The molecule has 2 rings (SSSR count). The second-order valence-electron chi connectivity index (χ2n) is 4.36. The highest BCUT2D eigenvalue weighted by molar-refractivity contribution is 9.10. The highest BCUT2D eigenvalue weighted by atomic mass is 79.9. The van der Waals surface area contributed by atoms with Crippen LogP contribution >= 0.6 is 15.9 Å². The Labute approximate surface area is 119 Å². The predicted molar refractivity (Wildman–Crippen MR) is 75.0 cm³/mol. The minimum absolute atomic E-state index is 0.225. The van der Waals surface area contributed by atoms with E-state index in [9.17, 15) is 4.79 Å². The Bertz CT molecular complexity index is 562. The van der Waals surface area contributed by atoms with Gasteiger partial charge in [-0.05, 0) is 30.8 Å². The minimum atomic E-state index is -0.958. The number of carboxylic acids is 1. The maximum absolute atomic E-state index is 11.0. The van der Waals surface area contributed by atoms with Crippen LogP contribution < -0.4 is 0 Å². The first-order valence-electron chi connectivity index (χ1n) is 5.79. The fourth-order valence-electron chi connectivity index (χ4n) is 1.86. The highest BCUT2D eigenvalue weighted by Crippen LogP contribution is 2.15. The van der Waals surface area contributed by atoms with Crippen molar-refractivity contribution in [3.05, 3.63) is 58.0 Å². The van der Waals surface area contributed by atoms with Gasteiger partial charge in [0.1, 0.15) is 11.3 Å². The summed E-state index contributed by atoms with van der Waals surface area (Å²) in [6.07, 6.45) is 1.41. The molecule has 1 aromatic heterocycles. The summed E-state index contributed by atoms with van der Waals surface area (Å²) in [5.41, 5.74) is 1.39. The van der Waals surface area contributed by atoms with Crippen LogP contribution in [0, 0.1) is 0 Å². The number of aromatic carboxylic acids is 1. The number of furan rings is 1. The molecule has 1 heterocycles. The first-order valence-corrected chi connectivity index (χ1v) is 6.58. The molecule has 5 heteroatoms. The Kier molecular flexibility index (Phi) is 4.39. The van der Waals surface area contributed by atoms with Crippen LogP contribution in [-0.2, 0) is 13.1 Å². The van der Waals surface area contributed by atoms with E-state index in [2.05, 4.69) is 15.9 Å². The number of hydrogen-bond donors (Lipinski definition) is 1. The number of nitrogens with zero attached hydrogens (tertiary/aromatic N) is 1. The van der Waals surface area contributed by atoms with E-state index < -0.39 is 5.97 Å². The normalized spacial score (nSPS) is 10.9. The molecule has 0 unspecified atom stereocenters. The van der Waals surface area contributed by atoms with E-state index in [-0.39, 0.29) is 5.56 Å². The Morgan fingerprint density at radius 1 is 1.26 bits per heavy atom. The van der Waals surface area contributed by atoms with Crippen LogP contribution in [0.2, 0.25) is 0 Å². The first-order chi connectivity index (χ1) is 9.06. The maximum atomic E-state index is 11.0. The summed E-state index contributed by atoms with van der Waals surface area (Å²) in [6, 6.07) is 9.50. The molecule has 1 N–H and O–H groups in total. The second-order valence-corrected chi connectivity index (χ2v) is 5.28. The lowest BCUT2D eigenvalue weighted by Crippen LogP contribution is -2.18. The van der Waals surface area contributed by atoms with Gasteiger partial charge < -0.3 is 9.52 Å². The average molecular weight is 324 g/mol. The van der Waals surface area contributed by atoms with Crippen molar-refractivity contribution in [2.75, 3.05) is 7.05 Å². The first kappa shape index (κ1) is 13.8. The van der Waals surface area contributed by atoms with Crippen LogP contribution in [-0.4, -0.2) is 23.0 Å². The zero-order valence-corrected chi connectivity index (χ0v) is 12.1. The minimum Gasteiger partial charge on any atom is -0.478 e. The largest absolute Gasteiger partial charge is 0.478 e. The molecular formula is C14H14BrNO3. The molecule has 1 aromatic carbocycles. The number of hydrogen-bond acceptors (Lipinski definition) is 3. The molecule has 0 saturated carbocycles. The fraction of sp³-hybridized carbons (Fsp3) is 0.214. The van der Waals surface area contributed by atoms with Gasteiger partial charge in [-0.15, -0.1) is 0 Å². The van der Waals surface area contributed by atoms with Crippen molar-refractivity contribution in [2.45, 2.75) is 13.1 Å². The van der Waals surface area contributed by atoms with Crippen LogP contribution in [0.5, 0.6) is 0 Å². The third kappa shape index (κ3) is 3.68. The van der Waals surface area contributed by atoms with Crippen LogP contribution in [0.3, 0.4) is 0 Å². The Hall–Kier alpha value is -1.59. The van der Waals surface area contributed by atoms with E-state index in [0.717, 1.165) is 16.6 Å². The standard InChI is InChI=1S/C14H14BrNO3/c1-16(8-10-2-4-11(15)5-3-10)9-13-12(14(17)18)6-7-19-13/h2-7H,8-9H2,1H3,(H,17,18). The Balaban J connectivity index is 2.01. The molecule has 0 fully saturated rings. The third-order valence-electron chi connectivity index (χ3n) is 2.76. The summed E-state index contributed by atoms with van der Waals surface area (Å²) < 4.78 is 6.26. The van der Waals surface area contributed by atoms with Crippen molar-refractivity contribution in [1.82, 2.24) is 4.90 Å². The van der Waals surface area contributed by atoms with Gasteiger partial charge in [-0.2, -0.15) is 0 Å². The lowest BCUT2D eigenvalue weighted by molar-refractivity contribution is 0.0693. The van der Waals surface area contributed by atoms with E-state index in [1.165, 1.54) is 12.3 Å². The van der Waals surface area contributed by atoms with E-state index >= 15 is 0 Å². The van der Waals surface area contributed by atoms with Crippen molar-refractivity contribution in [3.63, 3.8) is 0 Å². The van der Waals surface area contributed by atoms with Gasteiger partial charge in [-0.3, -0.25) is 4.90 Å². The van der Waals surface area contributed by atoms with Gasteiger partial charge in [0.2, 0.25) is 0 Å². The predicted octanol–water partition coefficient (Wildman–Crippen LogP) is 3.37. The number of rotatable bonds is 5. The van der Waals surface area contributed by atoms with Crippen LogP contribution in [0.4, 0.5) is 0 Å². The molecule has 0 bridgehead atoms. The van der Waals surface area contributed by atoms with Crippen molar-refractivity contribution in [3.8, 4) is 0 Å². The molecule has 4 nitrogen and oxygen atoms in total. The van der Waals surface area contributed by atoms with Gasteiger partial charge in [0, 0.05) is 11.0 Å². The average Bonchev–Trinajstić information content (AvgIpc) is 2.80. The van der Waals surface area contributed by atoms with E-state index in [4.69, 9.17) is 9.52 Å². The number of halogens is 1. The molecule has 100 valence electrons. The molecule has 0 radical (unpaired) electrons. The summed E-state index contributed by atoms with van der Waals surface area (Å²) in [5, 5.41) is 9.00. The molecule has 2 aromatic rings. The topological polar surface area (TPSA) is 53.7 Å². The van der Waals surface area contributed by atoms with Gasteiger partial charge in [0.25, 0.3) is 0 Å². The lowest BCUT2D eigenvalue weighted by atomic mass is 10.2. The highest BCUT2D eigenvalue weighted by Gasteiger charge is 2.14. The Morgan fingerprint density at radius 2 is 1.95 bits per heavy atom. The van der Waals surface area contributed by atoms with Crippen molar-refractivity contribution in [2.24, 2.45) is 0 Å². The monoisotopic (exact) mass is 323 g/mol. The summed E-state index contributed by atoms with van der Waals surface area (Å²) in [5.74, 6) is -0.479. The van der Waals surface area contributed by atoms with E-state index in [0.29, 0.717) is 12.3 Å². The SMILES string of the molecule is CN(Cc1ccc(Br)cc1)Cc1occc1C(=O)O. The number of benzene rings is 1. The summed E-state index contributed by atoms with van der Waals surface area (Å²) in [6.45, 7) is 1.19. The molecule has 0 aliphatic rings. The lowest BCUT2D eigenvalue weighted by Gasteiger charge is -2.15. The summed E-state index contributed by atoms with van der Waals surface area (Å²) in [7, 11) is 1.93. The van der Waals surface area contributed by atoms with Gasteiger partial charge >= 0.3 is 5.97 Å². The molecule has 19 heavy (non-hydrogen) atoms. The molecule has 0 spiro atoms. The zero-order valence-electron chi connectivity index (χ0n) is 10.5. The molecular weight excluding hydrogens is 310 g/mol. The van der Waals surface area contributed by atoms with E-state index in [1.54, 1.807) is 0 Å². The van der Waals surface area contributed by atoms with Crippen molar-refractivity contribution < 1.29 is 14.3 Å². The van der Waals surface area contributed by atoms with Crippen molar-refractivity contribution >= 4 is 21.9 Å². The van der Waals surface area contributed by atoms with Crippen LogP contribution in [0.1, 0.15) is 21.7 Å². The Morgan fingerprint density at radius 3 is 2.58 bits per heavy atom. The number of carbonyl (C=O) groups is 1. The van der Waals surface area contributed by atoms with Gasteiger partial charge in [-0.1, -0.05) is 28.1 Å². The summed E-state index contributed by atoms with van der Waals surface area (Å²) >= 11 is 3.39. The zero-order chi connectivity index (χ0) is 13.8. The van der Waals surface area contributed by atoms with Crippen LogP contribution in [0.15, 0.2) is 45.5 Å². The molecule has 0 aliphatic heterocycles. The molecule has 0 aliphatic carbocycles. The van der Waals surface area contributed by atoms with Crippen molar-refractivity contribution in [1.29, 1.82) is 0 Å². The second kappa shape index (κ2) is 6.04. The molecule has 0 amide bonds. The fourth-order valence-corrected chi connectivity index (χ4v) is 2.12. The molecule has 0 saturated heterocycles. The maximum Gasteiger partial charge on any atom is 0.339 e. The van der Waals surface area contributed by atoms with Gasteiger partial charge in [0.15, 0.2) is 0 Å². The quantitative estimate of drug-likeness (QED) is 0.916. The summed E-state index contributed by atoms with van der Waals surface area (Å²) in [4.78, 5) is 13.0. The van der Waals surface area contributed by atoms with Gasteiger partial charge in [-0.25, -0.2) is 4.79 Å². The van der Waals surface area contributed by atoms with Crippen LogP contribution in [0.25, 0.3) is 0 Å². The van der Waals surface area contributed by atoms with Gasteiger partial charge in [0.05, 0.1) is 12.8 Å².